The summed E-state index contributed by atoms with van der Waals surface area (Å²) in [5.74, 6) is 1.45. The highest BCUT2D eigenvalue weighted by Crippen LogP contribution is 2.14. The predicted octanol–water partition coefficient (Wildman–Crippen LogP) is 4.25. The maximum atomic E-state index is 12.3. The molecule has 0 aliphatic rings. The van der Waals surface area contributed by atoms with Gasteiger partial charge in [-0.25, -0.2) is 0 Å². The monoisotopic (exact) mass is 361 g/mol. The molecule has 3 aromatic rings. The van der Waals surface area contributed by atoms with Crippen LogP contribution in [0.2, 0.25) is 0 Å². The Morgan fingerprint density at radius 1 is 0.815 bits per heavy atom. The molecular formula is C23H23NO3. The van der Waals surface area contributed by atoms with E-state index in [2.05, 4.69) is 17.4 Å². The Hall–Kier alpha value is -3.27. The Bertz CT molecular complexity index is 843. The van der Waals surface area contributed by atoms with Crippen LogP contribution in [0.4, 0.5) is 0 Å². The summed E-state index contributed by atoms with van der Waals surface area (Å²) in [6, 6.07) is 25.0. The fourth-order valence-corrected chi connectivity index (χ4v) is 2.66. The zero-order valence-corrected chi connectivity index (χ0v) is 15.4. The molecule has 1 N–H and O–H groups in total. The molecule has 0 saturated carbocycles. The number of carbonyl (C=O) groups excluding carboxylic acids is 1. The molecule has 0 fully saturated rings. The van der Waals surface area contributed by atoms with Gasteiger partial charge in [0, 0.05) is 18.5 Å². The molecule has 27 heavy (non-hydrogen) atoms. The van der Waals surface area contributed by atoms with Gasteiger partial charge in [0.25, 0.3) is 5.91 Å². The molecule has 0 unspecified atom stereocenters. The Kier molecular flexibility index (Phi) is 6.47. The molecule has 138 valence electrons. The van der Waals surface area contributed by atoms with Crippen LogP contribution in [0.15, 0.2) is 78.9 Å². The van der Waals surface area contributed by atoms with Gasteiger partial charge in [-0.3, -0.25) is 4.79 Å². The Labute approximate surface area is 159 Å². The molecule has 0 saturated heterocycles. The fraction of sp³-hybridized carbons (Fsp3) is 0.174. The van der Waals surface area contributed by atoms with Crippen LogP contribution in [-0.2, 0) is 13.0 Å². The summed E-state index contributed by atoms with van der Waals surface area (Å²) >= 11 is 0. The van der Waals surface area contributed by atoms with Crippen LogP contribution in [0, 0.1) is 0 Å². The molecule has 0 radical (unpaired) electrons. The first-order chi connectivity index (χ1) is 13.2. The van der Waals surface area contributed by atoms with E-state index in [1.54, 1.807) is 19.2 Å². The van der Waals surface area contributed by atoms with Crippen LogP contribution < -0.4 is 14.8 Å². The van der Waals surface area contributed by atoms with E-state index < -0.39 is 0 Å². The second kappa shape index (κ2) is 9.43. The largest absolute Gasteiger partial charge is 0.497 e. The standard InChI is InChI=1S/C23H23NO3/c1-26-21-11-7-19(8-12-21)17-24-23(25)20-9-13-22(14-10-20)27-16-15-18-5-3-2-4-6-18/h2-14H,15-17H2,1H3,(H,24,25). The highest BCUT2D eigenvalue weighted by Gasteiger charge is 2.06. The van der Waals surface area contributed by atoms with Crippen molar-refractivity contribution in [2.75, 3.05) is 13.7 Å². The smallest absolute Gasteiger partial charge is 0.251 e. The van der Waals surface area contributed by atoms with Gasteiger partial charge in [0.1, 0.15) is 11.5 Å². The lowest BCUT2D eigenvalue weighted by Crippen LogP contribution is -2.22. The van der Waals surface area contributed by atoms with Crippen LogP contribution in [0.1, 0.15) is 21.5 Å². The Morgan fingerprint density at radius 3 is 2.15 bits per heavy atom. The van der Waals surface area contributed by atoms with Crippen LogP contribution in [-0.4, -0.2) is 19.6 Å². The van der Waals surface area contributed by atoms with Crippen molar-refractivity contribution in [1.82, 2.24) is 5.32 Å². The van der Waals surface area contributed by atoms with Crippen molar-refractivity contribution in [3.8, 4) is 11.5 Å². The van der Waals surface area contributed by atoms with E-state index in [-0.39, 0.29) is 5.91 Å². The molecule has 0 aliphatic heterocycles. The van der Waals surface area contributed by atoms with Crippen LogP contribution in [0.25, 0.3) is 0 Å². The summed E-state index contributed by atoms with van der Waals surface area (Å²) in [5, 5.41) is 2.92. The van der Waals surface area contributed by atoms with Gasteiger partial charge < -0.3 is 14.8 Å². The zero-order valence-electron chi connectivity index (χ0n) is 15.4. The lowest BCUT2D eigenvalue weighted by atomic mass is 10.1. The molecule has 0 bridgehead atoms. The Morgan fingerprint density at radius 2 is 1.48 bits per heavy atom. The first kappa shape index (κ1) is 18.5. The summed E-state index contributed by atoms with van der Waals surface area (Å²) in [4.78, 5) is 12.3. The molecular weight excluding hydrogens is 338 g/mol. The lowest BCUT2D eigenvalue weighted by Gasteiger charge is -2.09. The summed E-state index contributed by atoms with van der Waals surface area (Å²) < 4.78 is 10.9. The van der Waals surface area contributed by atoms with Gasteiger partial charge in [0.2, 0.25) is 0 Å². The lowest BCUT2D eigenvalue weighted by molar-refractivity contribution is 0.0951. The van der Waals surface area contributed by atoms with E-state index in [9.17, 15) is 4.79 Å². The Balaban J connectivity index is 1.46. The number of amides is 1. The van der Waals surface area contributed by atoms with Crippen molar-refractivity contribution < 1.29 is 14.3 Å². The second-order valence-electron chi connectivity index (χ2n) is 6.14. The van der Waals surface area contributed by atoms with Crippen LogP contribution in [0.3, 0.4) is 0 Å². The van der Waals surface area contributed by atoms with E-state index in [1.807, 2.05) is 54.6 Å². The van der Waals surface area contributed by atoms with Crippen molar-refractivity contribution >= 4 is 5.91 Å². The summed E-state index contributed by atoms with van der Waals surface area (Å²) in [6.07, 6.45) is 0.852. The van der Waals surface area contributed by atoms with Crippen molar-refractivity contribution in [2.24, 2.45) is 0 Å². The second-order valence-corrected chi connectivity index (χ2v) is 6.14. The molecule has 3 rings (SSSR count). The number of rotatable bonds is 8. The van der Waals surface area contributed by atoms with Gasteiger partial charge in [-0.2, -0.15) is 0 Å². The summed E-state index contributed by atoms with van der Waals surface area (Å²) in [6.45, 7) is 1.07. The fourth-order valence-electron chi connectivity index (χ4n) is 2.66. The van der Waals surface area contributed by atoms with Gasteiger partial charge in [-0.15, -0.1) is 0 Å². The molecule has 0 heterocycles. The van der Waals surface area contributed by atoms with E-state index in [0.29, 0.717) is 18.7 Å². The van der Waals surface area contributed by atoms with Gasteiger partial charge in [0.15, 0.2) is 0 Å². The third-order valence-corrected chi connectivity index (χ3v) is 4.23. The van der Waals surface area contributed by atoms with Gasteiger partial charge in [0.05, 0.1) is 13.7 Å². The maximum absolute atomic E-state index is 12.3. The van der Waals surface area contributed by atoms with Crippen molar-refractivity contribution in [1.29, 1.82) is 0 Å². The molecule has 0 atom stereocenters. The van der Waals surface area contributed by atoms with Crippen molar-refractivity contribution in [3.05, 3.63) is 95.6 Å². The third-order valence-electron chi connectivity index (χ3n) is 4.23. The van der Waals surface area contributed by atoms with E-state index in [0.717, 1.165) is 23.5 Å². The van der Waals surface area contributed by atoms with Crippen LogP contribution in [0.5, 0.6) is 11.5 Å². The number of hydrogen-bond acceptors (Lipinski definition) is 3. The number of methoxy groups -OCH3 is 1. The molecule has 0 aliphatic carbocycles. The minimum atomic E-state index is -0.110. The summed E-state index contributed by atoms with van der Waals surface area (Å²) in [5.41, 5.74) is 2.87. The van der Waals surface area contributed by atoms with Gasteiger partial charge in [-0.05, 0) is 47.5 Å². The number of nitrogens with one attached hydrogen (secondary N) is 1. The summed E-state index contributed by atoms with van der Waals surface area (Å²) in [7, 11) is 1.63. The predicted molar refractivity (Wildman–Crippen MR) is 106 cm³/mol. The molecule has 1 amide bonds. The molecule has 0 aromatic heterocycles. The SMILES string of the molecule is COc1ccc(CNC(=O)c2ccc(OCCc3ccccc3)cc2)cc1. The van der Waals surface area contributed by atoms with Crippen molar-refractivity contribution in [2.45, 2.75) is 13.0 Å². The zero-order chi connectivity index (χ0) is 18.9. The van der Waals surface area contributed by atoms with E-state index in [4.69, 9.17) is 9.47 Å². The first-order valence-corrected chi connectivity index (χ1v) is 8.92. The number of benzene rings is 3. The number of hydrogen-bond donors (Lipinski definition) is 1. The topological polar surface area (TPSA) is 47.6 Å². The van der Waals surface area contributed by atoms with E-state index >= 15 is 0 Å². The highest BCUT2D eigenvalue weighted by atomic mass is 16.5. The first-order valence-electron chi connectivity index (χ1n) is 8.92. The molecule has 4 heteroatoms. The minimum Gasteiger partial charge on any atom is -0.497 e. The van der Waals surface area contributed by atoms with E-state index in [1.165, 1.54) is 5.56 Å². The normalized spacial score (nSPS) is 10.3. The highest BCUT2D eigenvalue weighted by molar-refractivity contribution is 5.94. The third kappa shape index (κ3) is 5.61. The van der Waals surface area contributed by atoms with Crippen LogP contribution >= 0.6 is 0 Å². The molecule has 3 aromatic carbocycles. The number of ether oxygens (including phenoxy) is 2. The van der Waals surface area contributed by atoms with Gasteiger partial charge >= 0.3 is 0 Å². The average molecular weight is 361 g/mol. The minimum absolute atomic E-state index is 0.110. The molecule has 0 spiro atoms. The maximum Gasteiger partial charge on any atom is 0.251 e. The number of carbonyl (C=O) groups is 1. The van der Waals surface area contributed by atoms with Crippen molar-refractivity contribution in [3.63, 3.8) is 0 Å². The quantitative estimate of drug-likeness (QED) is 0.653. The molecule has 4 nitrogen and oxygen atoms in total. The average Bonchev–Trinajstić information content (AvgIpc) is 2.73. The van der Waals surface area contributed by atoms with Gasteiger partial charge in [-0.1, -0.05) is 42.5 Å².